The lowest BCUT2D eigenvalue weighted by Crippen LogP contribution is -2.51. The van der Waals surface area contributed by atoms with Crippen molar-refractivity contribution in [2.24, 2.45) is 0 Å². The zero-order valence-corrected chi connectivity index (χ0v) is 10.6. The maximum atomic E-state index is 12.0. The molecule has 0 saturated heterocycles. The number of hydrogen-bond donors (Lipinski definition) is 4. The van der Waals surface area contributed by atoms with E-state index in [9.17, 15) is 14.7 Å². The number of rotatable bonds is 4. The lowest BCUT2D eigenvalue weighted by molar-refractivity contribution is -0.133. The largest absolute Gasteiger partial charge is 0.454 e. The molecule has 0 spiro atoms. The predicted octanol–water partition coefficient (Wildman–Crippen LogP) is -0.600. The van der Waals surface area contributed by atoms with Crippen LogP contribution in [0.2, 0.25) is 0 Å². The van der Waals surface area contributed by atoms with E-state index < -0.39 is 24.0 Å². The van der Waals surface area contributed by atoms with Gasteiger partial charge in [0, 0.05) is 5.56 Å². The van der Waals surface area contributed by atoms with Gasteiger partial charge in [-0.25, -0.2) is 5.48 Å². The van der Waals surface area contributed by atoms with Gasteiger partial charge in [-0.2, -0.15) is 0 Å². The molecule has 2 unspecified atom stereocenters. The number of carbonyl (C=O) groups excluding carboxylic acids is 2. The van der Waals surface area contributed by atoms with Crippen molar-refractivity contribution in [2.45, 2.75) is 19.1 Å². The minimum absolute atomic E-state index is 0.0869. The molecule has 1 aliphatic heterocycles. The van der Waals surface area contributed by atoms with Crippen LogP contribution >= 0.6 is 0 Å². The molecule has 0 radical (unpaired) electrons. The number of aliphatic hydroxyl groups is 1. The van der Waals surface area contributed by atoms with Crippen molar-refractivity contribution >= 4 is 11.8 Å². The third-order valence-corrected chi connectivity index (χ3v) is 2.80. The van der Waals surface area contributed by atoms with E-state index >= 15 is 0 Å². The molecule has 1 aromatic rings. The van der Waals surface area contributed by atoms with Gasteiger partial charge in [-0.1, -0.05) is 0 Å². The molecule has 2 amide bonds. The summed E-state index contributed by atoms with van der Waals surface area (Å²) in [5.74, 6) is -0.536. The summed E-state index contributed by atoms with van der Waals surface area (Å²) in [7, 11) is 0. The number of benzene rings is 1. The summed E-state index contributed by atoms with van der Waals surface area (Å²) in [4.78, 5) is 23.3. The molecular formula is C12H14N2O6. The summed E-state index contributed by atoms with van der Waals surface area (Å²) >= 11 is 0. The smallest absolute Gasteiger partial charge is 0.268 e. The standard InChI is InChI=1S/C12H14N2O6/c1-6(15)10(12(17)14-18)13-11(16)7-2-3-8-9(4-7)20-5-19-8/h2-4,6,10,15,18H,5H2,1H3,(H,13,16)(H,14,17). The highest BCUT2D eigenvalue weighted by Crippen LogP contribution is 2.32. The van der Waals surface area contributed by atoms with Crippen LogP contribution in [0.4, 0.5) is 0 Å². The van der Waals surface area contributed by atoms with E-state index in [2.05, 4.69) is 5.32 Å². The molecule has 0 aromatic heterocycles. The van der Waals surface area contributed by atoms with Crippen molar-refractivity contribution in [3.05, 3.63) is 23.8 Å². The summed E-state index contributed by atoms with van der Waals surface area (Å²) < 4.78 is 10.3. The Bertz CT molecular complexity index is 531. The first kappa shape index (κ1) is 14.1. The third-order valence-electron chi connectivity index (χ3n) is 2.80. The molecule has 1 aromatic carbocycles. The Labute approximate surface area is 114 Å². The number of carbonyl (C=O) groups is 2. The Morgan fingerprint density at radius 3 is 2.65 bits per heavy atom. The van der Waals surface area contributed by atoms with Crippen LogP contribution in [0.15, 0.2) is 18.2 Å². The average molecular weight is 282 g/mol. The monoisotopic (exact) mass is 282 g/mol. The first-order valence-electron chi connectivity index (χ1n) is 5.85. The molecule has 0 saturated carbocycles. The zero-order valence-electron chi connectivity index (χ0n) is 10.6. The summed E-state index contributed by atoms with van der Waals surface area (Å²) in [6, 6.07) is 3.27. The van der Waals surface area contributed by atoms with Gasteiger partial charge in [0.15, 0.2) is 11.5 Å². The number of hydrogen-bond acceptors (Lipinski definition) is 6. The van der Waals surface area contributed by atoms with Gasteiger partial charge in [0.2, 0.25) is 6.79 Å². The summed E-state index contributed by atoms with van der Waals surface area (Å²) in [5.41, 5.74) is 1.63. The van der Waals surface area contributed by atoms with Crippen molar-refractivity contribution in [3.8, 4) is 11.5 Å². The highest BCUT2D eigenvalue weighted by molar-refractivity contribution is 5.98. The highest BCUT2D eigenvalue weighted by Gasteiger charge is 2.26. The molecule has 0 aliphatic carbocycles. The number of ether oxygens (including phenoxy) is 2. The molecule has 0 fully saturated rings. The molecule has 8 nitrogen and oxygen atoms in total. The van der Waals surface area contributed by atoms with E-state index in [1.807, 2.05) is 0 Å². The summed E-state index contributed by atoms with van der Waals surface area (Å²) in [5, 5.41) is 20.3. The molecule has 108 valence electrons. The van der Waals surface area contributed by atoms with E-state index in [1.165, 1.54) is 24.5 Å². The topological polar surface area (TPSA) is 117 Å². The number of hydroxylamine groups is 1. The van der Waals surface area contributed by atoms with Crippen LogP contribution in [0.25, 0.3) is 0 Å². The van der Waals surface area contributed by atoms with E-state index in [0.717, 1.165) is 0 Å². The van der Waals surface area contributed by atoms with Gasteiger partial charge >= 0.3 is 0 Å². The molecule has 4 N–H and O–H groups in total. The van der Waals surface area contributed by atoms with Crippen LogP contribution in [-0.2, 0) is 4.79 Å². The van der Waals surface area contributed by atoms with Gasteiger partial charge < -0.3 is 19.9 Å². The van der Waals surface area contributed by atoms with Crippen molar-refractivity contribution in [1.82, 2.24) is 10.8 Å². The van der Waals surface area contributed by atoms with Crippen molar-refractivity contribution in [3.63, 3.8) is 0 Å². The maximum absolute atomic E-state index is 12.0. The summed E-state index contributed by atoms with van der Waals surface area (Å²) in [6.07, 6.45) is -1.17. The van der Waals surface area contributed by atoms with E-state index in [4.69, 9.17) is 14.7 Å². The SMILES string of the molecule is CC(O)C(NC(=O)c1ccc2c(c1)OCO2)C(=O)NO. The Balaban J connectivity index is 2.12. The van der Waals surface area contributed by atoms with Gasteiger partial charge in [0.25, 0.3) is 11.8 Å². The number of nitrogens with one attached hydrogen (secondary N) is 2. The Morgan fingerprint density at radius 2 is 2.00 bits per heavy atom. The van der Waals surface area contributed by atoms with E-state index in [-0.39, 0.29) is 12.4 Å². The predicted molar refractivity (Wildman–Crippen MR) is 65.4 cm³/mol. The second-order valence-corrected chi connectivity index (χ2v) is 4.24. The van der Waals surface area contributed by atoms with Gasteiger partial charge in [-0.05, 0) is 25.1 Å². The summed E-state index contributed by atoms with van der Waals surface area (Å²) in [6.45, 7) is 1.41. The fraction of sp³-hybridized carbons (Fsp3) is 0.333. The van der Waals surface area contributed by atoms with Crippen LogP contribution in [-0.4, -0.2) is 41.1 Å². The zero-order chi connectivity index (χ0) is 14.7. The van der Waals surface area contributed by atoms with Crippen molar-refractivity contribution in [2.75, 3.05) is 6.79 Å². The van der Waals surface area contributed by atoms with Gasteiger partial charge in [-0.15, -0.1) is 0 Å². The Morgan fingerprint density at radius 1 is 1.30 bits per heavy atom. The molecule has 8 heteroatoms. The second kappa shape index (κ2) is 5.76. The fourth-order valence-electron chi connectivity index (χ4n) is 1.74. The average Bonchev–Trinajstić information content (AvgIpc) is 2.90. The number of fused-ring (bicyclic) bond motifs is 1. The van der Waals surface area contributed by atoms with E-state index in [1.54, 1.807) is 6.07 Å². The molecule has 1 heterocycles. The van der Waals surface area contributed by atoms with Crippen LogP contribution < -0.4 is 20.3 Å². The van der Waals surface area contributed by atoms with Crippen LogP contribution in [0.1, 0.15) is 17.3 Å². The molecule has 2 atom stereocenters. The van der Waals surface area contributed by atoms with Crippen molar-refractivity contribution in [1.29, 1.82) is 0 Å². The van der Waals surface area contributed by atoms with E-state index in [0.29, 0.717) is 11.5 Å². The highest BCUT2D eigenvalue weighted by atomic mass is 16.7. The number of amides is 2. The first-order chi connectivity index (χ1) is 9.52. The fourth-order valence-corrected chi connectivity index (χ4v) is 1.74. The van der Waals surface area contributed by atoms with Gasteiger partial charge in [0.1, 0.15) is 6.04 Å². The molecule has 0 bridgehead atoms. The maximum Gasteiger partial charge on any atom is 0.268 e. The number of aliphatic hydroxyl groups excluding tert-OH is 1. The Kier molecular flexibility index (Phi) is 4.06. The van der Waals surface area contributed by atoms with Crippen LogP contribution in [0.5, 0.6) is 11.5 Å². The lowest BCUT2D eigenvalue weighted by Gasteiger charge is -2.19. The molecule has 2 rings (SSSR count). The minimum atomic E-state index is -1.27. The quantitative estimate of drug-likeness (QED) is 0.433. The Hall–Kier alpha value is -2.32. The van der Waals surface area contributed by atoms with Crippen LogP contribution in [0.3, 0.4) is 0 Å². The second-order valence-electron chi connectivity index (χ2n) is 4.24. The van der Waals surface area contributed by atoms with Gasteiger partial charge in [-0.3, -0.25) is 14.8 Å². The molecule has 20 heavy (non-hydrogen) atoms. The normalized spacial score (nSPS) is 15.3. The molecular weight excluding hydrogens is 268 g/mol. The van der Waals surface area contributed by atoms with Crippen molar-refractivity contribution < 1.29 is 29.4 Å². The molecule has 1 aliphatic rings. The lowest BCUT2D eigenvalue weighted by atomic mass is 10.1. The third kappa shape index (κ3) is 2.81. The minimum Gasteiger partial charge on any atom is -0.454 e. The first-order valence-corrected chi connectivity index (χ1v) is 5.85. The van der Waals surface area contributed by atoms with Gasteiger partial charge in [0.05, 0.1) is 6.10 Å². The van der Waals surface area contributed by atoms with Crippen LogP contribution in [0, 0.1) is 0 Å².